The van der Waals surface area contributed by atoms with E-state index in [1.807, 2.05) is 0 Å². The first-order valence-corrected chi connectivity index (χ1v) is 7.47. The van der Waals surface area contributed by atoms with Crippen molar-refractivity contribution in [3.05, 3.63) is 34.1 Å². The van der Waals surface area contributed by atoms with Gasteiger partial charge in [0.25, 0.3) is 0 Å². The molecule has 1 nitrogen and oxygen atoms in total. The Morgan fingerprint density at radius 1 is 1.47 bits per heavy atom. The number of rotatable bonds is 6. The maximum atomic E-state index is 13.2. The summed E-state index contributed by atoms with van der Waals surface area (Å²) in [5, 5.41) is 0. The van der Waals surface area contributed by atoms with Crippen molar-refractivity contribution in [2.75, 3.05) is 11.5 Å². The number of carbonyl (C=O) groups excluding carboxylic acids is 1. The van der Waals surface area contributed by atoms with Crippen molar-refractivity contribution in [1.29, 1.82) is 0 Å². The zero-order valence-electron chi connectivity index (χ0n) is 10.0. The smallest absolute Gasteiger partial charge is 0.147 e. The molecule has 0 amide bonds. The summed E-state index contributed by atoms with van der Waals surface area (Å²) < 4.78 is 13.6. The van der Waals surface area contributed by atoms with E-state index in [-0.39, 0.29) is 11.6 Å². The van der Waals surface area contributed by atoms with Crippen molar-refractivity contribution in [3.63, 3.8) is 0 Å². The molecular weight excluding hydrogens is 303 g/mol. The lowest BCUT2D eigenvalue weighted by Gasteiger charge is -2.06. The zero-order valence-corrected chi connectivity index (χ0v) is 12.4. The highest BCUT2D eigenvalue weighted by molar-refractivity contribution is 9.10. The Hall–Kier alpha value is -0.350. The summed E-state index contributed by atoms with van der Waals surface area (Å²) in [7, 11) is 0. The molecular formula is C13H16BrFOS. The summed E-state index contributed by atoms with van der Waals surface area (Å²) in [5.41, 5.74) is 0.722. The van der Waals surface area contributed by atoms with Gasteiger partial charge in [-0.3, -0.25) is 4.79 Å². The standard InChI is InChI=1S/C13H16BrFOS/c1-9(2)7-17-8-11(16)6-10-4-3-5-12(15)13(10)14/h3-5,9H,6-8H2,1-2H3. The van der Waals surface area contributed by atoms with Gasteiger partial charge >= 0.3 is 0 Å². The SMILES string of the molecule is CC(C)CSCC(=O)Cc1cccc(F)c1Br. The maximum Gasteiger partial charge on any atom is 0.147 e. The molecule has 0 radical (unpaired) electrons. The molecule has 4 heteroatoms. The Labute approximate surface area is 114 Å². The van der Waals surface area contributed by atoms with Gasteiger partial charge in [-0.1, -0.05) is 26.0 Å². The minimum Gasteiger partial charge on any atom is -0.298 e. The number of carbonyl (C=O) groups is 1. The van der Waals surface area contributed by atoms with Crippen LogP contribution in [0, 0.1) is 11.7 Å². The van der Waals surface area contributed by atoms with Crippen LogP contribution < -0.4 is 0 Å². The number of halogens is 2. The van der Waals surface area contributed by atoms with Gasteiger partial charge in [0.05, 0.1) is 10.2 Å². The monoisotopic (exact) mass is 318 g/mol. The Morgan fingerprint density at radius 2 is 2.18 bits per heavy atom. The van der Waals surface area contributed by atoms with Crippen LogP contribution in [-0.2, 0) is 11.2 Å². The molecule has 0 unspecified atom stereocenters. The third-order valence-corrected chi connectivity index (χ3v) is 4.45. The van der Waals surface area contributed by atoms with Crippen LogP contribution in [0.2, 0.25) is 0 Å². The van der Waals surface area contributed by atoms with E-state index in [0.717, 1.165) is 11.3 Å². The van der Waals surface area contributed by atoms with Crippen molar-refractivity contribution in [1.82, 2.24) is 0 Å². The van der Waals surface area contributed by atoms with Crippen molar-refractivity contribution in [2.45, 2.75) is 20.3 Å². The average Bonchev–Trinajstić information content (AvgIpc) is 2.24. The van der Waals surface area contributed by atoms with Gasteiger partial charge in [0, 0.05) is 6.42 Å². The Kier molecular flexibility index (Phi) is 6.20. The van der Waals surface area contributed by atoms with Crippen LogP contribution >= 0.6 is 27.7 Å². The fraction of sp³-hybridized carbons (Fsp3) is 0.462. The van der Waals surface area contributed by atoms with Gasteiger partial charge in [-0.25, -0.2) is 4.39 Å². The number of Topliss-reactive ketones (excluding diaryl/α,β-unsaturated/α-hetero) is 1. The third kappa shape index (κ3) is 5.21. The molecule has 0 saturated heterocycles. The molecule has 1 aromatic carbocycles. The lowest BCUT2D eigenvalue weighted by Crippen LogP contribution is -2.08. The minimum absolute atomic E-state index is 0.141. The first-order chi connectivity index (χ1) is 8.00. The van der Waals surface area contributed by atoms with Crippen LogP contribution in [0.5, 0.6) is 0 Å². The van der Waals surface area contributed by atoms with Crippen molar-refractivity contribution >= 4 is 33.5 Å². The second-order valence-electron chi connectivity index (χ2n) is 4.34. The minimum atomic E-state index is -0.315. The van der Waals surface area contributed by atoms with Gasteiger partial charge in [0.1, 0.15) is 11.6 Å². The van der Waals surface area contributed by atoms with Crippen molar-refractivity contribution in [2.24, 2.45) is 5.92 Å². The molecule has 0 atom stereocenters. The Morgan fingerprint density at radius 3 is 2.82 bits per heavy atom. The molecule has 0 aliphatic heterocycles. The van der Waals surface area contributed by atoms with E-state index in [9.17, 15) is 9.18 Å². The molecule has 0 aliphatic carbocycles. The van der Waals surface area contributed by atoms with E-state index in [2.05, 4.69) is 29.8 Å². The molecule has 94 valence electrons. The van der Waals surface area contributed by atoms with E-state index in [0.29, 0.717) is 22.6 Å². The first-order valence-electron chi connectivity index (χ1n) is 5.53. The molecule has 1 rings (SSSR count). The first kappa shape index (κ1) is 14.7. The predicted molar refractivity (Wildman–Crippen MR) is 75.0 cm³/mol. The number of hydrogen-bond donors (Lipinski definition) is 0. The summed E-state index contributed by atoms with van der Waals surface area (Å²) in [6, 6.07) is 4.79. The van der Waals surface area contributed by atoms with E-state index in [1.165, 1.54) is 6.07 Å². The normalized spacial score (nSPS) is 10.9. The number of benzene rings is 1. The highest BCUT2D eigenvalue weighted by atomic mass is 79.9. The third-order valence-electron chi connectivity index (χ3n) is 2.13. The molecule has 0 aliphatic rings. The van der Waals surface area contributed by atoms with Gasteiger partial charge < -0.3 is 0 Å². The van der Waals surface area contributed by atoms with Gasteiger partial charge in [0.2, 0.25) is 0 Å². The molecule has 1 aromatic rings. The summed E-state index contributed by atoms with van der Waals surface area (Å²) in [5.74, 6) is 1.90. The number of hydrogen-bond acceptors (Lipinski definition) is 2. The van der Waals surface area contributed by atoms with Gasteiger partial charge in [-0.05, 0) is 39.2 Å². The van der Waals surface area contributed by atoms with Gasteiger partial charge in [-0.15, -0.1) is 0 Å². The molecule has 0 heterocycles. The molecule has 17 heavy (non-hydrogen) atoms. The van der Waals surface area contributed by atoms with Crippen LogP contribution in [0.15, 0.2) is 22.7 Å². The fourth-order valence-corrected chi connectivity index (χ4v) is 2.68. The van der Waals surface area contributed by atoms with Crippen LogP contribution in [0.1, 0.15) is 19.4 Å². The highest BCUT2D eigenvalue weighted by Crippen LogP contribution is 2.21. The average molecular weight is 319 g/mol. The molecule has 0 bridgehead atoms. The second-order valence-corrected chi connectivity index (χ2v) is 6.16. The van der Waals surface area contributed by atoms with E-state index in [4.69, 9.17) is 0 Å². The fourth-order valence-electron chi connectivity index (χ4n) is 1.36. The summed E-state index contributed by atoms with van der Waals surface area (Å²) >= 11 is 4.81. The largest absolute Gasteiger partial charge is 0.298 e. The molecule has 0 N–H and O–H groups in total. The van der Waals surface area contributed by atoms with E-state index < -0.39 is 0 Å². The van der Waals surface area contributed by atoms with Crippen LogP contribution in [0.3, 0.4) is 0 Å². The lowest BCUT2D eigenvalue weighted by molar-refractivity contribution is -0.116. The Balaban J connectivity index is 2.48. The number of thioether (sulfide) groups is 1. The van der Waals surface area contributed by atoms with Gasteiger partial charge in [-0.2, -0.15) is 11.8 Å². The van der Waals surface area contributed by atoms with E-state index in [1.54, 1.807) is 23.9 Å². The molecule has 0 saturated carbocycles. The van der Waals surface area contributed by atoms with Crippen LogP contribution in [0.25, 0.3) is 0 Å². The van der Waals surface area contributed by atoms with Crippen molar-refractivity contribution < 1.29 is 9.18 Å². The summed E-state index contributed by atoms with van der Waals surface area (Å²) in [6.07, 6.45) is 0.295. The summed E-state index contributed by atoms with van der Waals surface area (Å²) in [4.78, 5) is 11.7. The topological polar surface area (TPSA) is 17.1 Å². The zero-order chi connectivity index (χ0) is 12.8. The molecule has 0 spiro atoms. The van der Waals surface area contributed by atoms with Gasteiger partial charge in [0.15, 0.2) is 0 Å². The molecule has 0 aromatic heterocycles. The highest BCUT2D eigenvalue weighted by Gasteiger charge is 2.10. The van der Waals surface area contributed by atoms with Crippen LogP contribution in [0.4, 0.5) is 4.39 Å². The maximum absolute atomic E-state index is 13.2. The second kappa shape index (κ2) is 7.17. The lowest BCUT2D eigenvalue weighted by atomic mass is 10.1. The van der Waals surface area contributed by atoms with Crippen LogP contribution in [-0.4, -0.2) is 17.3 Å². The predicted octanol–water partition coefficient (Wildman–Crippen LogP) is 4.09. The van der Waals surface area contributed by atoms with E-state index >= 15 is 0 Å². The van der Waals surface area contributed by atoms with Crippen molar-refractivity contribution in [3.8, 4) is 0 Å². The molecule has 0 fully saturated rings. The summed E-state index contributed by atoms with van der Waals surface area (Å²) in [6.45, 7) is 4.25. The Bertz CT molecular complexity index is 393. The quantitative estimate of drug-likeness (QED) is 0.785. The number of ketones is 1.